The quantitative estimate of drug-likeness (QED) is 0.452. The molecule has 0 bridgehead atoms. The average Bonchev–Trinajstić information content (AvgIpc) is 2.79. The molecule has 0 radical (unpaired) electrons. The van der Waals surface area contributed by atoms with Crippen molar-refractivity contribution in [3.8, 4) is 11.8 Å². The van der Waals surface area contributed by atoms with Crippen molar-refractivity contribution in [3.63, 3.8) is 0 Å². The molecule has 0 saturated heterocycles. The van der Waals surface area contributed by atoms with Gasteiger partial charge in [0.1, 0.15) is 4.88 Å². The van der Waals surface area contributed by atoms with Gasteiger partial charge in [-0.3, -0.25) is 4.79 Å². The third kappa shape index (κ3) is 1.82. The van der Waals surface area contributed by atoms with Crippen LogP contribution in [0.4, 0.5) is 4.39 Å². The van der Waals surface area contributed by atoms with Crippen molar-refractivity contribution in [2.75, 3.05) is 0 Å². The number of ketones is 1. The van der Waals surface area contributed by atoms with Gasteiger partial charge in [0, 0.05) is 10.3 Å². The Morgan fingerprint density at radius 1 is 1.47 bits per heavy atom. The second-order valence-corrected chi connectivity index (χ2v) is 5.63. The molecule has 0 aromatic carbocycles. The molecule has 2 rings (SSSR count). The zero-order valence-corrected chi connectivity index (χ0v) is 11.0. The van der Waals surface area contributed by atoms with E-state index in [1.807, 2.05) is 6.92 Å². The fourth-order valence-electron chi connectivity index (χ4n) is 1.58. The van der Waals surface area contributed by atoms with Crippen molar-refractivity contribution in [2.24, 2.45) is 0 Å². The molecule has 0 amide bonds. The van der Waals surface area contributed by atoms with Crippen LogP contribution in [-0.2, 0) is 0 Å². The summed E-state index contributed by atoms with van der Waals surface area (Å²) in [6, 6.07) is 0. The molecule has 2 aromatic heterocycles. The van der Waals surface area contributed by atoms with E-state index in [1.54, 1.807) is 6.92 Å². The van der Waals surface area contributed by atoms with Crippen LogP contribution in [0.2, 0.25) is 0 Å². The van der Waals surface area contributed by atoms with Crippen molar-refractivity contribution >= 4 is 38.5 Å². The number of hydrogen-bond donors (Lipinski definition) is 0. The Bertz CT molecular complexity index is 680. The highest BCUT2D eigenvalue weighted by atomic mass is 32.1. The van der Waals surface area contributed by atoms with Gasteiger partial charge < -0.3 is 0 Å². The van der Waals surface area contributed by atoms with Crippen molar-refractivity contribution < 1.29 is 9.18 Å². The molecule has 0 aliphatic heterocycles. The second kappa shape index (κ2) is 4.44. The molecule has 2 heterocycles. The topological polar surface area (TPSA) is 17.1 Å². The number of carbonyl (C=O) groups is 1. The van der Waals surface area contributed by atoms with E-state index in [-0.39, 0.29) is 10.7 Å². The highest BCUT2D eigenvalue weighted by molar-refractivity contribution is 7.26. The second-order valence-electron chi connectivity index (χ2n) is 3.38. The van der Waals surface area contributed by atoms with Crippen molar-refractivity contribution in [1.82, 2.24) is 0 Å². The number of allylic oxidation sites excluding steroid dienone is 1. The minimum atomic E-state index is -0.437. The number of rotatable bonds is 2. The Morgan fingerprint density at radius 3 is 2.76 bits per heavy atom. The summed E-state index contributed by atoms with van der Waals surface area (Å²) < 4.78 is 14.8. The minimum absolute atomic E-state index is 0.125. The predicted octanol–water partition coefficient (Wildman–Crippen LogP) is 4.15. The van der Waals surface area contributed by atoms with Crippen LogP contribution in [0.1, 0.15) is 26.3 Å². The van der Waals surface area contributed by atoms with Crippen LogP contribution in [0.5, 0.6) is 0 Å². The van der Waals surface area contributed by atoms with Gasteiger partial charge in [-0.2, -0.15) is 0 Å². The van der Waals surface area contributed by atoms with Gasteiger partial charge >= 0.3 is 0 Å². The van der Waals surface area contributed by atoms with E-state index in [0.717, 1.165) is 31.9 Å². The molecule has 0 spiro atoms. The first-order valence-electron chi connectivity index (χ1n) is 4.91. The molecule has 0 atom stereocenters. The summed E-state index contributed by atoms with van der Waals surface area (Å²) >= 11 is 2.62. The standard InChI is InChI=1S/C13H9FOS2/c1-4-6-9-13-10(7(3)16-9)11(14)12(17-13)8(15)5-2/h5H,2H2,1,3H3. The monoisotopic (exact) mass is 264 g/mol. The first-order valence-corrected chi connectivity index (χ1v) is 6.54. The maximum Gasteiger partial charge on any atom is 0.198 e. The lowest BCUT2D eigenvalue weighted by Crippen LogP contribution is -1.92. The Morgan fingerprint density at radius 2 is 2.18 bits per heavy atom. The summed E-state index contributed by atoms with van der Waals surface area (Å²) in [6.07, 6.45) is 1.14. The van der Waals surface area contributed by atoms with Gasteiger partial charge in [0.15, 0.2) is 11.6 Å². The zero-order chi connectivity index (χ0) is 12.6. The smallest absolute Gasteiger partial charge is 0.198 e. The van der Waals surface area contributed by atoms with Crippen molar-refractivity contribution in [2.45, 2.75) is 13.8 Å². The summed E-state index contributed by atoms with van der Waals surface area (Å²) in [6.45, 7) is 6.95. The normalized spacial score (nSPS) is 10.1. The number of thiophene rings is 2. The van der Waals surface area contributed by atoms with Crippen LogP contribution in [0.25, 0.3) is 10.1 Å². The molecule has 0 saturated carbocycles. The van der Waals surface area contributed by atoms with Crippen LogP contribution in [0, 0.1) is 24.6 Å². The highest BCUT2D eigenvalue weighted by Gasteiger charge is 2.21. The fraction of sp³-hybridized carbons (Fsp3) is 0.154. The maximum absolute atomic E-state index is 14.1. The molecule has 1 nitrogen and oxygen atoms in total. The summed E-state index contributed by atoms with van der Waals surface area (Å²) in [5.41, 5.74) is 0. The largest absolute Gasteiger partial charge is 0.288 e. The van der Waals surface area contributed by atoms with E-state index < -0.39 is 5.82 Å². The zero-order valence-electron chi connectivity index (χ0n) is 9.39. The van der Waals surface area contributed by atoms with E-state index >= 15 is 0 Å². The van der Waals surface area contributed by atoms with Gasteiger partial charge in [0.2, 0.25) is 0 Å². The number of carbonyl (C=O) groups excluding carboxylic acids is 1. The summed E-state index contributed by atoms with van der Waals surface area (Å²) in [7, 11) is 0. The SMILES string of the molecule is C=CC(=O)c1sc2c(C#CC)sc(C)c2c1F. The Labute approximate surface area is 107 Å². The molecule has 0 aliphatic carbocycles. The first kappa shape index (κ1) is 12.0. The van der Waals surface area contributed by atoms with Gasteiger partial charge in [0.05, 0.1) is 9.58 Å². The molecule has 0 unspecified atom stereocenters. The number of halogens is 1. The van der Waals surface area contributed by atoms with E-state index in [2.05, 4.69) is 18.4 Å². The predicted molar refractivity (Wildman–Crippen MR) is 71.5 cm³/mol. The molecule has 0 aliphatic rings. The molecular weight excluding hydrogens is 255 g/mol. The Kier molecular flexibility index (Phi) is 3.14. The van der Waals surface area contributed by atoms with Crippen LogP contribution in [-0.4, -0.2) is 5.78 Å². The van der Waals surface area contributed by atoms with E-state index in [0.29, 0.717) is 5.39 Å². The third-order valence-corrected chi connectivity index (χ3v) is 4.66. The van der Waals surface area contributed by atoms with E-state index in [1.165, 1.54) is 11.3 Å². The van der Waals surface area contributed by atoms with Gasteiger partial charge in [-0.05, 0) is 19.9 Å². The lowest BCUT2D eigenvalue weighted by Gasteiger charge is -1.89. The Hall–Kier alpha value is -1.44. The first-order chi connectivity index (χ1) is 8.10. The molecule has 86 valence electrons. The lowest BCUT2D eigenvalue weighted by molar-refractivity contribution is 0.104. The maximum atomic E-state index is 14.1. The minimum Gasteiger partial charge on any atom is -0.288 e. The summed E-state index contributed by atoms with van der Waals surface area (Å²) in [4.78, 5) is 13.3. The van der Waals surface area contributed by atoms with Crippen LogP contribution >= 0.6 is 22.7 Å². The van der Waals surface area contributed by atoms with E-state index in [9.17, 15) is 9.18 Å². The van der Waals surface area contributed by atoms with Crippen LogP contribution < -0.4 is 0 Å². The van der Waals surface area contributed by atoms with Crippen LogP contribution in [0.3, 0.4) is 0 Å². The number of hydrogen-bond acceptors (Lipinski definition) is 3. The van der Waals surface area contributed by atoms with Gasteiger partial charge in [-0.1, -0.05) is 12.5 Å². The van der Waals surface area contributed by atoms with Crippen LogP contribution in [0.15, 0.2) is 12.7 Å². The third-order valence-electron chi connectivity index (χ3n) is 2.31. The lowest BCUT2D eigenvalue weighted by atomic mass is 10.2. The Balaban J connectivity index is 2.80. The molecule has 2 aromatic rings. The van der Waals surface area contributed by atoms with E-state index in [4.69, 9.17) is 0 Å². The van der Waals surface area contributed by atoms with Crippen molar-refractivity contribution in [3.05, 3.63) is 33.1 Å². The average molecular weight is 264 g/mol. The summed E-state index contributed by atoms with van der Waals surface area (Å²) in [5, 5.41) is 0.531. The van der Waals surface area contributed by atoms with Gasteiger partial charge in [-0.15, -0.1) is 28.6 Å². The van der Waals surface area contributed by atoms with Crippen molar-refractivity contribution in [1.29, 1.82) is 0 Å². The van der Waals surface area contributed by atoms with Gasteiger partial charge in [-0.25, -0.2) is 4.39 Å². The summed E-state index contributed by atoms with van der Waals surface area (Å²) in [5.74, 6) is 4.94. The highest BCUT2D eigenvalue weighted by Crippen LogP contribution is 2.39. The molecule has 0 fully saturated rings. The molecular formula is C13H9FOS2. The number of fused-ring (bicyclic) bond motifs is 1. The van der Waals surface area contributed by atoms with Gasteiger partial charge in [0.25, 0.3) is 0 Å². The fourth-order valence-corrected chi connectivity index (χ4v) is 3.91. The molecule has 17 heavy (non-hydrogen) atoms. The molecule has 4 heteroatoms. The molecule has 0 N–H and O–H groups in total. The number of aryl methyl sites for hydroxylation is 1.